The molecule has 6 nitrogen and oxygen atoms in total. The van der Waals surface area contributed by atoms with Crippen molar-refractivity contribution in [2.75, 3.05) is 32.0 Å². The van der Waals surface area contributed by atoms with Gasteiger partial charge in [0.15, 0.2) is 0 Å². The summed E-state index contributed by atoms with van der Waals surface area (Å²) in [6.07, 6.45) is 2.95. The van der Waals surface area contributed by atoms with E-state index in [0.29, 0.717) is 0 Å². The Morgan fingerprint density at radius 1 is 1.40 bits per heavy atom. The highest BCUT2D eigenvalue weighted by Crippen LogP contribution is 2.21. The second kappa shape index (κ2) is 7.54. The standard InChI is InChI=1S/C13H23N5OS/c1-3-6-15-13-17-16-11(20-13)9-18-7-4-10(5-8-18)12(19)14-2/h10H,3-9H2,1-2H3,(H,14,19)(H,15,17). The Bertz CT molecular complexity index is 428. The van der Waals surface area contributed by atoms with Crippen LogP contribution in [-0.4, -0.2) is 47.7 Å². The van der Waals surface area contributed by atoms with Gasteiger partial charge in [-0.3, -0.25) is 9.69 Å². The predicted molar refractivity (Wildman–Crippen MR) is 80.8 cm³/mol. The molecule has 0 radical (unpaired) electrons. The number of amides is 1. The van der Waals surface area contributed by atoms with E-state index in [0.717, 1.165) is 55.6 Å². The zero-order chi connectivity index (χ0) is 14.4. The highest BCUT2D eigenvalue weighted by molar-refractivity contribution is 7.15. The molecule has 7 heteroatoms. The van der Waals surface area contributed by atoms with Crippen LogP contribution < -0.4 is 10.6 Å². The first-order valence-electron chi connectivity index (χ1n) is 7.23. The third-order valence-electron chi connectivity index (χ3n) is 3.56. The normalized spacial score (nSPS) is 17.1. The van der Waals surface area contributed by atoms with Crippen molar-refractivity contribution in [3.63, 3.8) is 0 Å². The second-order valence-corrected chi connectivity index (χ2v) is 6.15. The molecule has 1 saturated heterocycles. The molecule has 0 spiro atoms. The number of anilines is 1. The van der Waals surface area contributed by atoms with E-state index in [4.69, 9.17) is 0 Å². The minimum atomic E-state index is 0.173. The first-order chi connectivity index (χ1) is 9.72. The van der Waals surface area contributed by atoms with Gasteiger partial charge in [-0.15, -0.1) is 10.2 Å². The molecule has 1 amide bonds. The van der Waals surface area contributed by atoms with Crippen molar-refractivity contribution in [2.45, 2.75) is 32.7 Å². The monoisotopic (exact) mass is 297 g/mol. The van der Waals surface area contributed by atoms with E-state index in [1.165, 1.54) is 0 Å². The maximum Gasteiger partial charge on any atom is 0.222 e. The van der Waals surface area contributed by atoms with Crippen LogP contribution in [0, 0.1) is 5.92 Å². The van der Waals surface area contributed by atoms with Crippen LogP contribution in [0.15, 0.2) is 0 Å². The molecule has 1 aliphatic rings. The van der Waals surface area contributed by atoms with E-state index in [2.05, 4.69) is 32.7 Å². The lowest BCUT2D eigenvalue weighted by atomic mass is 9.96. The molecule has 112 valence electrons. The number of carbonyl (C=O) groups excluding carboxylic acids is 1. The second-order valence-electron chi connectivity index (χ2n) is 5.09. The van der Waals surface area contributed by atoms with Crippen LogP contribution in [0.1, 0.15) is 31.2 Å². The van der Waals surface area contributed by atoms with Crippen LogP contribution in [0.3, 0.4) is 0 Å². The van der Waals surface area contributed by atoms with Crippen LogP contribution in [0.2, 0.25) is 0 Å². The number of likely N-dealkylation sites (tertiary alicyclic amines) is 1. The molecule has 1 aliphatic heterocycles. The summed E-state index contributed by atoms with van der Waals surface area (Å²) < 4.78 is 0. The van der Waals surface area contributed by atoms with E-state index < -0.39 is 0 Å². The number of nitrogens with one attached hydrogen (secondary N) is 2. The molecular formula is C13H23N5OS. The fourth-order valence-corrected chi connectivity index (χ4v) is 3.18. The summed E-state index contributed by atoms with van der Waals surface area (Å²) in [7, 11) is 1.71. The molecule has 2 rings (SSSR count). The summed E-state index contributed by atoms with van der Waals surface area (Å²) in [5.74, 6) is 0.346. The number of rotatable bonds is 6. The molecule has 0 atom stereocenters. The highest BCUT2D eigenvalue weighted by Gasteiger charge is 2.24. The van der Waals surface area contributed by atoms with Crippen LogP contribution in [0.25, 0.3) is 0 Å². The number of carbonyl (C=O) groups is 1. The predicted octanol–water partition coefficient (Wildman–Crippen LogP) is 1.32. The van der Waals surface area contributed by atoms with Gasteiger partial charge in [-0.05, 0) is 32.4 Å². The summed E-state index contributed by atoms with van der Waals surface area (Å²) in [6.45, 7) is 5.81. The Hall–Kier alpha value is -1.21. The smallest absolute Gasteiger partial charge is 0.222 e. The average Bonchev–Trinajstić information content (AvgIpc) is 2.92. The first kappa shape index (κ1) is 15.2. The highest BCUT2D eigenvalue weighted by atomic mass is 32.1. The number of hydrogen-bond acceptors (Lipinski definition) is 6. The van der Waals surface area contributed by atoms with Crippen LogP contribution >= 0.6 is 11.3 Å². The van der Waals surface area contributed by atoms with Gasteiger partial charge in [0.2, 0.25) is 11.0 Å². The molecule has 0 aliphatic carbocycles. The molecule has 1 aromatic heterocycles. The topological polar surface area (TPSA) is 70.2 Å². The largest absolute Gasteiger partial charge is 0.360 e. The number of aromatic nitrogens is 2. The Morgan fingerprint density at radius 2 is 2.15 bits per heavy atom. The Morgan fingerprint density at radius 3 is 2.80 bits per heavy atom. The van der Waals surface area contributed by atoms with Crippen molar-refractivity contribution in [3.05, 3.63) is 5.01 Å². The number of nitrogens with zero attached hydrogens (tertiary/aromatic N) is 3. The van der Waals surface area contributed by atoms with Crippen molar-refractivity contribution >= 4 is 22.4 Å². The fourth-order valence-electron chi connectivity index (χ4n) is 2.37. The maximum absolute atomic E-state index is 11.6. The molecule has 0 aromatic carbocycles. The Balaban J connectivity index is 1.77. The first-order valence-corrected chi connectivity index (χ1v) is 8.04. The minimum Gasteiger partial charge on any atom is -0.360 e. The number of piperidine rings is 1. The van der Waals surface area contributed by atoms with Crippen molar-refractivity contribution in [3.8, 4) is 0 Å². The van der Waals surface area contributed by atoms with Crippen molar-refractivity contribution in [1.82, 2.24) is 20.4 Å². The molecule has 1 aromatic rings. The zero-order valence-electron chi connectivity index (χ0n) is 12.2. The lowest BCUT2D eigenvalue weighted by Gasteiger charge is -2.30. The van der Waals surface area contributed by atoms with Gasteiger partial charge in [-0.2, -0.15) is 0 Å². The molecule has 0 saturated carbocycles. The van der Waals surface area contributed by atoms with Gasteiger partial charge in [0, 0.05) is 19.5 Å². The summed E-state index contributed by atoms with van der Waals surface area (Å²) in [5.41, 5.74) is 0. The third kappa shape index (κ3) is 4.14. The summed E-state index contributed by atoms with van der Waals surface area (Å²) in [6, 6.07) is 0. The quantitative estimate of drug-likeness (QED) is 0.828. The van der Waals surface area contributed by atoms with Crippen molar-refractivity contribution in [2.24, 2.45) is 5.92 Å². The minimum absolute atomic E-state index is 0.173. The van der Waals surface area contributed by atoms with E-state index in [-0.39, 0.29) is 11.8 Å². The van der Waals surface area contributed by atoms with Gasteiger partial charge < -0.3 is 10.6 Å². The van der Waals surface area contributed by atoms with Gasteiger partial charge in [-0.25, -0.2) is 0 Å². The molecule has 2 N–H and O–H groups in total. The van der Waals surface area contributed by atoms with E-state index >= 15 is 0 Å². The maximum atomic E-state index is 11.6. The molecule has 0 unspecified atom stereocenters. The molecule has 1 fully saturated rings. The summed E-state index contributed by atoms with van der Waals surface area (Å²) in [5, 5.41) is 16.3. The van der Waals surface area contributed by atoms with E-state index in [9.17, 15) is 4.79 Å². The SMILES string of the molecule is CCCNc1nnc(CN2CCC(C(=O)NC)CC2)s1. The summed E-state index contributed by atoms with van der Waals surface area (Å²) in [4.78, 5) is 13.9. The third-order valence-corrected chi connectivity index (χ3v) is 4.42. The van der Waals surface area contributed by atoms with Gasteiger partial charge in [0.1, 0.15) is 5.01 Å². The molecule has 0 bridgehead atoms. The summed E-state index contributed by atoms with van der Waals surface area (Å²) >= 11 is 1.62. The number of hydrogen-bond donors (Lipinski definition) is 2. The van der Waals surface area contributed by atoms with Gasteiger partial charge in [0.25, 0.3) is 0 Å². The molecule has 2 heterocycles. The van der Waals surface area contributed by atoms with Gasteiger partial charge in [-0.1, -0.05) is 18.3 Å². The lowest BCUT2D eigenvalue weighted by Crippen LogP contribution is -2.39. The lowest BCUT2D eigenvalue weighted by molar-refractivity contribution is -0.125. The Kier molecular flexibility index (Phi) is 5.72. The van der Waals surface area contributed by atoms with Crippen molar-refractivity contribution < 1.29 is 4.79 Å². The van der Waals surface area contributed by atoms with E-state index in [1.807, 2.05) is 0 Å². The molecular weight excluding hydrogens is 274 g/mol. The average molecular weight is 297 g/mol. The van der Waals surface area contributed by atoms with Crippen molar-refractivity contribution in [1.29, 1.82) is 0 Å². The van der Waals surface area contributed by atoms with Crippen LogP contribution in [0.4, 0.5) is 5.13 Å². The van der Waals surface area contributed by atoms with E-state index in [1.54, 1.807) is 18.4 Å². The van der Waals surface area contributed by atoms with Gasteiger partial charge >= 0.3 is 0 Å². The van der Waals surface area contributed by atoms with Crippen LogP contribution in [-0.2, 0) is 11.3 Å². The fraction of sp³-hybridized carbons (Fsp3) is 0.769. The van der Waals surface area contributed by atoms with Gasteiger partial charge in [0.05, 0.1) is 6.54 Å². The Labute approximate surface area is 124 Å². The zero-order valence-corrected chi connectivity index (χ0v) is 13.0. The van der Waals surface area contributed by atoms with Crippen LogP contribution in [0.5, 0.6) is 0 Å². The molecule has 20 heavy (non-hydrogen) atoms.